The van der Waals surface area contributed by atoms with E-state index in [0.717, 1.165) is 28.0 Å². The Bertz CT molecular complexity index is 1190. The van der Waals surface area contributed by atoms with Crippen LogP contribution in [0.25, 0.3) is 10.9 Å². The van der Waals surface area contributed by atoms with E-state index in [1.54, 1.807) is 6.07 Å². The van der Waals surface area contributed by atoms with Gasteiger partial charge in [-0.1, -0.05) is 17.7 Å². The van der Waals surface area contributed by atoms with Crippen LogP contribution >= 0.6 is 11.6 Å². The molecule has 4 rings (SSSR count). The van der Waals surface area contributed by atoms with Crippen molar-refractivity contribution in [3.05, 3.63) is 64.8 Å². The standard InChI is InChI=1S/C24H24ClN5O/c1-15-4-5-18-10-20(7-9-23(18)27-15)28-24(31)30-14-16(2)29(13-17(30)3)21-8-6-19(12-26)22(25)11-21/h4-11,16-17H,13-14H2,1-3H3,(H,28,31)/t16-,17+/m0/s1. The Labute approximate surface area is 187 Å². The lowest BCUT2D eigenvalue weighted by Crippen LogP contribution is -2.59. The highest BCUT2D eigenvalue weighted by molar-refractivity contribution is 6.32. The lowest BCUT2D eigenvalue weighted by Gasteiger charge is -2.45. The Kier molecular flexibility index (Phi) is 5.71. The van der Waals surface area contributed by atoms with Crippen LogP contribution in [0.5, 0.6) is 0 Å². The number of rotatable bonds is 2. The van der Waals surface area contributed by atoms with E-state index in [1.165, 1.54) is 0 Å². The molecule has 1 saturated heterocycles. The van der Waals surface area contributed by atoms with Crippen molar-refractivity contribution >= 4 is 39.9 Å². The van der Waals surface area contributed by atoms with E-state index in [-0.39, 0.29) is 18.1 Å². The smallest absolute Gasteiger partial charge is 0.322 e. The number of halogens is 1. The zero-order valence-electron chi connectivity index (χ0n) is 17.8. The van der Waals surface area contributed by atoms with Gasteiger partial charge in [0.15, 0.2) is 0 Å². The fourth-order valence-corrected chi connectivity index (χ4v) is 4.26. The molecule has 0 aliphatic carbocycles. The number of aryl methyl sites for hydroxylation is 1. The maximum atomic E-state index is 13.0. The minimum absolute atomic E-state index is 0.00962. The summed E-state index contributed by atoms with van der Waals surface area (Å²) in [5.41, 5.74) is 4.05. The van der Waals surface area contributed by atoms with Crippen molar-refractivity contribution < 1.29 is 4.79 Å². The molecule has 2 heterocycles. The van der Waals surface area contributed by atoms with Gasteiger partial charge in [-0.3, -0.25) is 4.98 Å². The minimum Gasteiger partial charge on any atom is -0.365 e. The third-order valence-corrected chi connectivity index (χ3v) is 6.04. The first kappa shape index (κ1) is 21.0. The van der Waals surface area contributed by atoms with Crippen LogP contribution in [0.3, 0.4) is 0 Å². The van der Waals surface area contributed by atoms with Crippen molar-refractivity contribution in [3.63, 3.8) is 0 Å². The van der Waals surface area contributed by atoms with Crippen LogP contribution in [0.4, 0.5) is 16.2 Å². The maximum absolute atomic E-state index is 13.0. The van der Waals surface area contributed by atoms with Gasteiger partial charge in [0.25, 0.3) is 0 Å². The van der Waals surface area contributed by atoms with Gasteiger partial charge in [-0.25, -0.2) is 4.79 Å². The molecule has 0 saturated carbocycles. The Morgan fingerprint density at radius 3 is 2.68 bits per heavy atom. The van der Waals surface area contributed by atoms with Gasteiger partial charge >= 0.3 is 6.03 Å². The molecule has 1 aromatic heterocycles. The first-order chi connectivity index (χ1) is 14.9. The quantitative estimate of drug-likeness (QED) is 0.602. The fraction of sp³-hybridized carbons (Fsp3) is 0.292. The second kappa shape index (κ2) is 8.44. The van der Waals surface area contributed by atoms with Crippen molar-refractivity contribution in [3.8, 4) is 6.07 Å². The van der Waals surface area contributed by atoms with Crippen molar-refractivity contribution in [2.45, 2.75) is 32.9 Å². The van der Waals surface area contributed by atoms with Crippen LogP contribution in [-0.2, 0) is 0 Å². The number of pyridine rings is 1. The largest absolute Gasteiger partial charge is 0.365 e. The van der Waals surface area contributed by atoms with Gasteiger partial charge in [-0.05, 0) is 63.2 Å². The van der Waals surface area contributed by atoms with Gasteiger partial charge in [-0.15, -0.1) is 0 Å². The summed E-state index contributed by atoms with van der Waals surface area (Å²) in [5.74, 6) is 0. The molecule has 31 heavy (non-hydrogen) atoms. The molecule has 7 heteroatoms. The summed E-state index contributed by atoms with van der Waals surface area (Å²) >= 11 is 6.22. The highest BCUT2D eigenvalue weighted by Gasteiger charge is 2.32. The van der Waals surface area contributed by atoms with Crippen LogP contribution in [-0.4, -0.2) is 41.1 Å². The topological polar surface area (TPSA) is 72.3 Å². The third kappa shape index (κ3) is 4.28. The van der Waals surface area contributed by atoms with Gasteiger partial charge in [0.1, 0.15) is 6.07 Å². The molecule has 1 fully saturated rings. The summed E-state index contributed by atoms with van der Waals surface area (Å²) in [5, 5.41) is 13.6. The maximum Gasteiger partial charge on any atom is 0.322 e. The Balaban J connectivity index is 1.47. The number of benzene rings is 2. The number of nitriles is 1. The predicted molar refractivity (Wildman–Crippen MR) is 125 cm³/mol. The number of aromatic nitrogens is 1. The van der Waals surface area contributed by atoms with Crippen LogP contribution in [0, 0.1) is 18.3 Å². The predicted octanol–water partition coefficient (Wildman–Crippen LogP) is 5.20. The average Bonchev–Trinajstić information content (AvgIpc) is 2.75. The van der Waals surface area contributed by atoms with E-state index in [2.05, 4.69) is 28.2 Å². The normalized spacial score (nSPS) is 18.7. The number of hydrogen-bond donors (Lipinski definition) is 1. The van der Waals surface area contributed by atoms with Gasteiger partial charge in [-0.2, -0.15) is 5.26 Å². The molecule has 2 amide bonds. The van der Waals surface area contributed by atoms with Crippen molar-refractivity contribution in [2.75, 3.05) is 23.3 Å². The highest BCUT2D eigenvalue weighted by Crippen LogP contribution is 2.28. The number of carbonyl (C=O) groups excluding carboxylic acids is 1. The number of piperazine rings is 1. The molecular weight excluding hydrogens is 410 g/mol. The average molecular weight is 434 g/mol. The van der Waals surface area contributed by atoms with Crippen LogP contribution in [0.2, 0.25) is 5.02 Å². The van der Waals surface area contributed by atoms with Crippen molar-refractivity contribution in [2.24, 2.45) is 0 Å². The van der Waals surface area contributed by atoms with E-state index >= 15 is 0 Å². The number of fused-ring (bicyclic) bond motifs is 1. The Morgan fingerprint density at radius 1 is 1.13 bits per heavy atom. The monoisotopic (exact) mass is 433 g/mol. The lowest BCUT2D eigenvalue weighted by molar-refractivity contribution is 0.173. The molecule has 6 nitrogen and oxygen atoms in total. The van der Waals surface area contributed by atoms with Gasteiger partial charge in [0, 0.05) is 47.6 Å². The van der Waals surface area contributed by atoms with Crippen molar-refractivity contribution in [1.29, 1.82) is 5.26 Å². The van der Waals surface area contributed by atoms with Crippen LogP contribution in [0.1, 0.15) is 25.1 Å². The molecule has 1 aliphatic rings. The van der Waals surface area contributed by atoms with E-state index in [1.807, 2.05) is 61.2 Å². The Hall–Kier alpha value is -3.30. The van der Waals surface area contributed by atoms with Gasteiger partial charge in [0.2, 0.25) is 0 Å². The van der Waals surface area contributed by atoms with Crippen LogP contribution in [0.15, 0.2) is 48.5 Å². The molecule has 158 valence electrons. The number of nitrogens with one attached hydrogen (secondary N) is 1. The number of hydrogen-bond acceptors (Lipinski definition) is 4. The second-order valence-corrected chi connectivity index (χ2v) is 8.48. The molecule has 1 N–H and O–H groups in total. The molecule has 1 aliphatic heterocycles. The molecule has 2 aromatic carbocycles. The van der Waals surface area contributed by atoms with Gasteiger partial charge < -0.3 is 15.1 Å². The Morgan fingerprint density at radius 2 is 1.94 bits per heavy atom. The lowest BCUT2D eigenvalue weighted by atomic mass is 10.1. The molecule has 0 radical (unpaired) electrons. The zero-order chi connectivity index (χ0) is 22.1. The molecule has 3 aromatic rings. The summed E-state index contributed by atoms with van der Waals surface area (Å²) in [7, 11) is 0. The molecule has 2 atom stereocenters. The molecule has 0 unspecified atom stereocenters. The van der Waals surface area contributed by atoms with Crippen molar-refractivity contribution in [1.82, 2.24) is 9.88 Å². The number of anilines is 2. The van der Waals surface area contributed by atoms with E-state index in [0.29, 0.717) is 23.7 Å². The van der Waals surface area contributed by atoms with Gasteiger partial charge in [0.05, 0.1) is 16.1 Å². The second-order valence-electron chi connectivity index (χ2n) is 8.07. The number of urea groups is 1. The van der Waals surface area contributed by atoms with E-state index in [9.17, 15) is 4.79 Å². The van der Waals surface area contributed by atoms with E-state index in [4.69, 9.17) is 16.9 Å². The van der Waals surface area contributed by atoms with E-state index < -0.39 is 0 Å². The first-order valence-corrected chi connectivity index (χ1v) is 10.6. The minimum atomic E-state index is -0.115. The highest BCUT2D eigenvalue weighted by atomic mass is 35.5. The summed E-state index contributed by atoms with van der Waals surface area (Å²) in [6.45, 7) is 7.35. The number of amides is 2. The summed E-state index contributed by atoms with van der Waals surface area (Å²) in [6.07, 6.45) is 0. The number of carbonyl (C=O) groups is 1. The summed E-state index contributed by atoms with van der Waals surface area (Å²) in [4.78, 5) is 21.6. The number of nitrogens with zero attached hydrogens (tertiary/aromatic N) is 4. The summed E-state index contributed by atoms with van der Waals surface area (Å²) < 4.78 is 0. The van der Waals surface area contributed by atoms with Crippen LogP contribution < -0.4 is 10.2 Å². The third-order valence-electron chi connectivity index (χ3n) is 5.73. The summed E-state index contributed by atoms with van der Waals surface area (Å²) in [6, 6.07) is 17.3. The molecular formula is C24H24ClN5O. The fourth-order valence-electron chi connectivity index (χ4n) is 4.04. The first-order valence-electron chi connectivity index (χ1n) is 10.3. The molecule has 0 bridgehead atoms. The zero-order valence-corrected chi connectivity index (χ0v) is 18.5. The SMILES string of the molecule is Cc1ccc2cc(NC(=O)N3C[C@H](C)N(c4ccc(C#N)c(Cl)c4)C[C@H]3C)ccc2n1. The molecule has 0 spiro atoms.